The SMILES string of the molecule is CC1(C)C(C=C(Cl)Cl)C1C(=O)Nc1nc2ccc(F)cc2s1. The molecule has 1 saturated carbocycles. The molecule has 3 nitrogen and oxygen atoms in total. The van der Waals surface area contributed by atoms with Crippen LogP contribution in [0.1, 0.15) is 13.8 Å². The van der Waals surface area contributed by atoms with E-state index in [0.717, 1.165) is 0 Å². The number of fused-ring (bicyclic) bond motifs is 1. The van der Waals surface area contributed by atoms with E-state index < -0.39 is 0 Å². The molecule has 1 aromatic carbocycles. The molecule has 2 aromatic rings. The van der Waals surface area contributed by atoms with Gasteiger partial charge in [-0.1, -0.05) is 48.4 Å². The van der Waals surface area contributed by atoms with Crippen LogP contribution in [0.5, 0.6) is 0 Å². The Morgan fingerprint density at radius 1 is 1.45 bits per heavy atom. The molecule has 0 spiro atoms. The minimum absolute atomic E-state index is 0.00400. The van der Waals surface area contributed by atoms with Gasteiger partial charge in [0.2, 0.25) is 5.91 Å². The molecular formula is C15H13Cl2FN2OS. The second-order valence-electron chi connectivity index (χ2n) is 5.90. The van der Waals surface area contributed by atoms with E-state index >= 15 is 0 Å². The summed E-state index contributed by atoms with van der Waals surface area (Å²) in [5, 5.41) is 3.27. The molecule has 2 unspecified atom stereocenters. The van der Waals surface area contributed by atoms with Crippen LogP contribution in [-0.4, -0.2) is 10.9 Å². The summed E-state index contributed by atoms with van der Waals surface area (Å²) in [7, 11) is 0. The number of anilines is 1. The van der Waals surface area contributed by atoms with Crippen LogP contribution in [0.15, 0.2) is 28.8 Å². The highest BCUT2D eigenvalue weighted by atomic mass is 35.5. The summed E-state index contributed by atoms with van der Waals surface area (Å²) in [6.45, 7) is 3.98. The first kappa shape index (κ1) is 15.7. The van der Waals surface area contributed by atoms with E-state index in [1.807, 2.05) is 13.8 Å². The van der Waals surface area contributed by atoms with Crippen LogP contribution in [0.25, 0.3) is 10.2 Å². The number of aromatic nitrogens is 1. The van der Waals surface area contributed by atoms with Crippen LogP contribution >= 0.6 is 34.5 Å². The maximum Gasteiger partial charge on any atom is 0.230 e. The highest BCUT2D eigenvalue weighted by molar-refractivity contribution is 7.22. The Morgan fingerprint density at radius 3 is 2.86 bits per heavy atom. The molecule has 1 heterocycles. The average molecular weight is 359 g/mol. The van der Waals surface area contributed by atoms with E-state index in [-0.39, 0.29) is 33.5 Å². The molecule has 116 valence electrons. The number of hydrogen-bond acceptors (Lipinski definition) is 3. The number of nitrogens with one attached hydrogen (secondary N) is 1. The molecule has 7 heteroatoms. The zero-order valence-electron chi connectivity index (χ0n) is 11.9. The van der Waals surface area contributed by atoms with Crippen molar-refractivity contribution in [2.75, 3.05) is 5.32 Å². The maximum absolute atomic E-state index is 13.2. The van der Waals surface area contributed by atoms with Crippen LogP contribution in [0.3, 0.4) is 0 Å². The third-order valence-electron chi connectivity index (χ3n) is 4.08. The van der Waals surface area contributed by atoms with Gasteiger partial charge in [0.25, 0.3) is 0 Å². The van der Waals surface area contributed by atoms with E-state index in [1.54, 1.807) is 12.1 Å². The summed E-state index contributed by atoms with van der Waals surface area (Å²) in [6.07, 6.45) is 1.70. The number of carbonyl (C=O) groups excluding carboxylic acids is 1. The van der Waals surface area contributed by atoms with Crippen molar-refractivity contribution in [2.45, 2.75) is 13.8 Å². The number of thiazole rings is 1. The van der Waals surface area contributed by atoms with Gasteiger partial charge in [-0.15, -0.1) is 0 Å². The first-order chi connectivity index (χ1) is 10.3. The van der Waals surface area contributed by atoms with Gasteiger partial charge in [0, 0.05) is 0 Å². The predicted molar refractivity (Wildman–Crippen MR) is 88.8 cm³/mol. The normalized spacial score (nSPS) is 22.4. The van der Waals surface area contributed by atoms with Gasteiger partial charge in [-0.3, -0.25) is 4.79 Å². The standard InChI is InChI=1S/C15H13Cl2FN2OS/c1-15(2)8(6-11(16)17)12(15)13(21)20-14-19-9-4-3-7(18)5-10(9)22-14/h3-6,8,12H,1-2H3,(H,19,20,21). The first-order valence-corrected chi connectivity index (χ1v) is 8.26. The number of halogens is 3. The van der Waals surface area contributed by atoms with Crippen molar-refractivity contribution in [3.63, 3.8) is 0 Å². The molecule has 2 atom stereocenters. The molecule has 1 N–H and O–H groups in total. The lowest BCUT2D eigenvalue weighted by atomic mass is 10.1. The molecule has 1 fully saturated rings. The van der Waals surface area contributed by atoms with Gasteiger partial charge >= 0.3 is 0 Å². The lowest BCUT2D eigenvalue weighted by molar-refractivity contribution is -0.118. The molecule has 1 aromatic heterocycles. The summed E-state index contributed by atoms with van der Waals surface area (Å²) in [5.41, 5.74) is 0.471. The number of benzene rings is 1. The second-order valence-corrected chi connectivity index (χ2v) is 7.94. The monoisotopic (exact) mass is 358 g/mol. The van der Waals surface area contributed by atoms with Crippen LogP contribution < -0.4 is 5.32 Å². The number of allylic oxidation sites excluding steroid dienone is 1. The Balaban J connectivity index is 1.78. The summed E-state index contributed by atoms with van der Waals surface area (Å²) in [6, 6.07) is 4.35. The number of rotatable bonds is 3. The van der Waals surface area contributed by atoms with E-state index in [1.165, 1.54) is 23.5 Å². The maximum atomic E-state index is 13.2. The Morgan fingerprint density at radius 2 is 2.18 bits per heavy atom. The van der Waals surface area contributed by atoms with E-state index in [2.05, 4.69) is 10.3 Å². The quantitative estimate of drug-likeness (QED) is 0.841. The van der Waals surface area contributed by atoms with Gasteiger partial charge in [-0.05, 0) is 35.6 Å². The van der Waals surface area contributed by atoms with Crippen molar-refractivity contribution in [1.29, 1.82) is 0 Å². The fourth-order valence-corrected chi connectivity index (χ4v) is 3.93. The third-order valence-corrected chi connectivity index (χ3v) is 5.26. The van der Waals surface area contributed by atoms with Crippen LogP contribution in [0.2, 0.25) is 0 Å². The molecule has 22 heavy (non-hydrogen) atoms. The lowest BCUT2D eigenvalue weighted by Crippen LogP contribution is -2.16. The van der Waals surface area contributed by atoms with Crippen LogP contribution in [0.4, 0.5) is 9.52 Å². The fraction of sp³-hybridized carbons (Fsp3) is 0.333. The van der Waals surface area contributed by atoms with Crippen LogP contribution in [-0.2, 0) is 4.79 Å². The largest absolute Gasteiger partial charge is 0.302 e. The van der Waals surface area contributed by atoms with Gasteiger partial charge in [-0.2, -0.15) is 0 Å². The number of nitrogens with zero attached hydrogens (tertiary/aromatic N) is 1. The summed E-state index contributed by atoms with van der Waals surface area (Å²) in [5.74, 6) is -0.646. The van der Waals surface area contributed by atoms with Crippen molar-refractivity contribution in [1.82, 2.24) is 4.98 Å². The average Bonchev–Trinajstić information content (AvgIpc) is 2.76. The molecule has 1 aliphatic carbocycles. The Labute approximate surface area is 141 Å². The lowest BCUT2D eigenvalue weighted by Gasteiger charge is -2.02. The van der Waals surface area contributed by atoms with Gasteiger partial charge in [0.05, 0.1) is 16.1 Å². The van der Waals surface area contributed by atoms with Crippen molar-refractivity contribution < 1.29 is 9.18 Å². The van der Waals surface area contributed by atoms with Gasteiger partial charge < -0.3 is 5.32 Å². The first-order valence-electron chi connectivity index (χ1n) is 6.69. The molecule has 3 rings (SSSR count). The van der Waals surface area contributed by atoms with Crippen molar-refractivity contribution >= 4 is 55.8 Å². The molecule has 1 amide bonds. The molecule has 0 bridgehead atoms. The predicted octanol–water partition coefficient (Wildman–Crippen LogP) is 4.97. The molecule has 0 radical (unpaired) electrons. The van der Waals surface area contributed by atoms with Gasteiger partial charge in [-0.25, -0.2) is 9.37 Å². The highest BCUT2D eigenvalue weighted by Gasteiger charge is 2.60. The zero-order valence-corrected chi connectivity index (χ0v) is 14.2. The van der Waals surface area contributed by atoms with E-state index in [9.17, 15) is 9.18 Å². The third kappa shape index (κ3) is 2.85. The summed E-state index contributed by atoms with van der Waals surface area (Å²) in [4.78, 5) is 16.7. The van der Waals surface area contributed by atoms with Crippen LogP contribution in [0, 0.1) is 23.1 Å². The fourth-order valence-electron chi connectivity index (χ4n) is 2.76. The van der Waals surface area contributed by atoms with Gasteiger partial charge in [0.15, 0.2) is 5.13 Å². The smallest absolute Gasteiger partial charge is 0.230 e. The van der Waals surface area contributed by atoms with Crippen molar-refractivity contribution in [3.05, 3.63) is 34.6 Å². The topological polar surface area (TPSA) is 42.0 Å². The Kier molecular flexibility index (Phi) is 3.91. The number of hydrogen-bond donors (Lipinski definition) is 1. The molecular weight excluding hydrogens is 346 g/mol. The van der Waals surface area contributed by atoms with E-state index in [4.69, 9.17) is 23.2 Å². The van der Waals surface area contributed by atoms with Crippen molar-refractivity contribution in [2.24, 2.45) is 17.3 Å². The molecule has 0 aliphatic heterocycles. The van der Waals surface area contributed by atoms with Crippen molar-refractivity contribution in [3.8, 4) is 0 Å². The minimum Gasteiger partial charge on any atom is -0.302 e. The Hall–Kier alpha value is -1.17. The molecule has 0 saturated heterocycles. The summed E-state index contributed by atoms with van der Waals surface area (Å²) >= 11 is 12.6. The Bertz CT molecular complexity index is 783. The number of amides is 1. The minimum atomic E-state index is -0.320. The van der Waals surface area contributed by atoms with E-state index in [0.29, 0.717) is 15.3 Å². The number of carbonyl (C=O) groups is 1. The molecule has 1 aliphatic rings. The zero-order chi connectivity index (χ0) is 16.1. The van der Waals surface area contributed by atoms with Gasteiger partial charge in [0.1, 0.15) is 10.3 Å². The second kappa shape index (κ2) is 5.48. The highest BCUT2D eigenvalue weighted by Crippen LogP contribution is 2.60. The summed E-state index contributed by atoms with van der Waals surface area (Å²) < 4.78 is 14.1.